The van der Waals surface area contributed by atoms with Gasteiger partial charge >= 0.3 is 0 Å². The van der Waals surface area contributed by atoms with Crippen LogP contribution in [0.3, 0.4) is 0 Å². The van der Waals surface area contributed by atoms with E-state index in [2.05, 4.69) is 17.5 Å². The number of nitrogens with one attached hydrogen (secondary N) is 1. The van der Waals surface area contributed by atoms with Gasteiger partial charge in [-0.05, 0) is 37.1 Å². The fourth-order valence-electron chi connectivity index (χ4n) is 3.10. The lowest BCUT2D eigenvalue weighted by atomic mass is 10.0. The number of phenolic OH excluding ortho intramolecular Hbond substituents is 1. The first kappa shape index (κ1) is 19.5. The molecule has 0 aliphatic rings. The Morgan fingerprint density at radius 1 is 1.11 bits per heavy atom. The monoisotopic (exact) mass is 375 g/mol. The van der Waals surface area contributed by atoms with Crippen molar-refractivity contribution in [3.63, 3.8) is 0 Å². The maximum absolute atomic E-state index is 12.7. The average Bonchev–Trinajstić information content (AvgIpc) is 2.72. The Kier molecular flexibility index (Phi) is 6.73. The van der Waals surface area contributed by atoms with Crippen molar-refractivity contribution in [2.24, 2.45) is 5.10 Å². The van der Waals surface area contributed by atoms with Gasteiger partial charge in [0.05, 0.1) is 17.3 Å². The van der Waals surface area contributed by atoms with Crippen molar-refractivity contribution in [2.75, 3.05) is 0 Å². The van der Waals surface area contributed by atoms with Crippen molar-refractivity contribution in [1.82, 2.24) is 10.4 Å². The zero-order valence-corrected chi connectivity index (χ0v) is 16.1. The second-order valence-electron chi connectivity index (χ2n) is 6.75. The van der Waals surface area contributed by atoms with Crippen LogP contribution in [0.1, 0.15) is 54.2 Å². The summed E-state index contributed by atoms with van der Waals surface area (Å²) in [6, 6.07) is 16.3. The Bertz CT molecular complexity index is 982. The lowest BCUT2D eigenvalue weighted by molar-refractivity contribution is 0.0956. The SMILES string of the molecule is CCCCCCc1cc(C(=O)N/N=C\c2ccccc2O)c2ccccc2n1. The fraction of sp³-hybridized carbons (Fsp3) is 0.261. The Hall–Kier alpha value is -3.21. The van der Waals surface area contributed by atoms with Crippen molar-refractivity contribution < 1.29 is 9.90 Å². The number of unbranched alkanes of at least 4 members (excludes halogenated alkanes) is 3. The molecule has 3 rings (SSSR count). The van der Waals surface area contributed by atoms with Crippen molar-refractivity contribution in [3.8, 4) is 5.75 Å². The highest BCUT2D eigenvalue weighted by Crippen LogP contribution is 2.20. The summed E-state index contributed by atoms with van der Waals surface area (Å²) in [5, 5.41) is 14.6. The van der Waals surface area contributed by atoms with Crippen molar-refractivity contribution in [3.05, 3.63) is 71.4 Å². The number of carbonyl (C=O) groups is 1. The topological polar surface area (TPSA) is 74.6 Å². The molecule has 0 fully saturated rings. The van der Waals surface area contributed by atoms with Crippen LogP contribution in [0, 0.1) is 0 Å². The van der Waals surface area contributed by atoms with Gasteiger partial charge in [0.1, 0.15) is 5.75 Å². The number of hydrogen-bond acceptors (Lipinski definition) is 4. The minimum atomic E-state index is -0.292. The highest BCUT2D eigenvalue weighted by Gasteiger charge is 2.12. The Balaban J connectivity index is 1.79. The molecule has 0 radical (unpaired) electrons. The van der Waals surface area contributed by atoms with Crippen molar-refractivity contribution >= 4 is 23.0 Å². The molecule has 5 heteroatoms. The number of rotatable bonds is 8. The summed E-state index contributed by atoms with van der Waals surface area (Å²) in [6.45, 7) is 2.19. The number of hydrogen-bond donors (Lipinski definition) is 2. The number of benzene rings is 2. The number of phenols is 1. The molecule has 1 heterocycles. The minimum absolute atomic E-state index is 0.115. The number of pyridine rings is 1. The van der Waals surface area contributed by atoms with Crippen LogP contribution in [-0.4, -0.2) is 22.2 Å². The van der Waals surface area contributed by atoms with Gasteiger partial charge in [-0.2, -0.15) is 5.10 Å². The van der Waals surface area contributed by atoms with Crippen LogP contribution in [0.2, 0.25) is 0 Å². The molecule has 5 nitrogen and oxygen atoms in total. The van der Waals surface area contributed by atoms with E-state index in [-0.39, 0.29) is 11.7 Å². The number of hydrazone groups is 1. The number of nitrogens with zero attached hydrogens (tertiary/aromatic N) is 2. The van der Waals surface area contributed by atoms with E-state index in [4.69, 9.17) is 4.98 Å². The number of para-hydroxylation sites is 2. The van der Waals surface area contributed by atoms with E-state index < -0.39 is 0 Å². The quantitative estimate of drug-likeness (QED) is 0.336. The van der Waals surface area contributed by atoms with Gasteiger partial charge in [-0.1, -0.05) is 56.5 Å². The van der Waals surface area contributed by atoms with E-state index in [9.17, 15) is 9.90 Å². The molecule has 2 N–H and O–H groups in total. The van der Waals surface area contributed by atoms with E-state index in [1.165, 1.54) is 19.1 Å². The summed E-state index contributed by atoms with van der Waals surface area (Å²) >= 11 is 0. The Morgan fingerprint density at radius 3 is 2.71 bits per heavy atom. The van der Waals surface area contributed by atoms with Gasteiger partial charge in [0.15, 0.2) is 0 Å². The van der Waals surface area contributed by atoms with Gasteiger partial charge in [0, 0.05) is 16.6 Å². The normalized spacial score (nSPS) is 11.2. The lowest BCUT2D eigenvalue weighted by Gasteiger charge is -2.09. The zero-order chi connectivity index (χ0) is 19.8. The smallest absolute Gasteiger partial charge is 0.272 e. The van der Waals surface area contributed by atoms with Gasteiger partial charge in [-0.15, -0.1) is 0 Å². The minimum Gasteiger partial charge on any atom is -0.507 e. The summed E-state index contributed by atoms with van der Waals surface area (Å²) in [6.07, 6.45) is 6.91. The number of aromatic nitrogens is 1. The molecule has 3 aromatic rings. The van der Waals surface area contributed by atoms with Crippen LogP contribution in [0.5, 0.6) is 5.75 Å². The maximum atomic E-state index is 12.7. The summed E-state index contributed by atoms with van der Waals surface area (Å²) in [7, 11) is 0. The number of aryl methyl sites for hydroxylation is 1. The first-order chi connectivity index (χ1) is 13.7. The molecule has 0 saturated carbocycles. The van der Waals surface area contributed by atoms with E-state index in [1.807, 2.05) is 30.3 Å². The highest BCUT2D eigenvalue weighted by atomic mass is 16.3. The van der Waals surface area contributed by atoms with Crippen LogP contribution in [0.4, 0.5) is 0 Å². The predicted octanol–water partition coefficient (Wildman–Crippen LogP) is 4.83. The maximum Gasteiger partial charge on any atom is 0.272 e. The van der Waals surface area contributed by atoms with Crippen LogP contribution in [0.15, 0.2) is 59.7 Å². The third-order valence-corrected chi connectivity index (χ3v) is 4.61. The fourth-order valence-corrected chi connectivity index (χ4v) is 3.10. The van der Waals surface area contributed by atoms with Crippen LogP contribution in [0.25, 0.3) is 10.9 Å². The third-order valence-electron chi connectivity index (χ3n) is 4.61. The summed E-state index contributed by atoms with van der Waals surface area (Å²) in [4.78, 5) is 17.5. The Labute approximate surface area is 165 Å². The standard InChI is InChI=1S/C23H25N3O2/c1-2-3-4-5-11-18-15-20(19-12-7-8-13-21(19)25-18)23(28)26-24-16-17-10-6-9-14-22(17)27/h6-10,12-16,27H,2-5,11H2,1H3,(H,26,28)/b24-16-. The van der Waals surface area contributed by atoms with E-state index in [0.717, 1.165) is 35.9 Å². The second kappa shape index (κ2) is 9.65. The zero-order valence-electron chi connectivity index (χ0n) is 16.1. The molecule has 0 aliphatic heterocycles. The van der Waals surface area contributed by atoms with Crippen LogP contribution in [-0.2, 0) is 6.42 Å². The lowest BCUT2D eigenvalue weighted by Crippen LogP contribution is -2.18. The molecule has 0 spiro atoms. The number of aromatic hydroxyl groups is 1. The summed E-state index contributed by atoms with van der Waals surface area (Å²) in [5.74, 6) is -0.177. The van der Waals surface area contributed by atoms with Crippen molar-refractivity contribution in [2.45, 2.75) is 39.0 Å². The summed E-state index contributed by atoms with van der Waals surface area (Å²) < 4.78 is 0. The van der Waals surface area contributed by atoms with Gasteiger partial charge in [0.25, 0.3) is 5.91 Å². The third kappa shape index (κ3) is 4.94. The molecule has 0 saturated heterocycles. The van der Waals surface area contributed by atoms with E-state index in [0.29, 0.717) is 11.1 Å². The van der Waals surface area contributed by atoms with Gasteiger partial charge in [-0.3, -0.25) is 9.78 Å². The van der Waals surface area contributed by atoms with Crippen molar-refractivity contribution in [1.29, 1.82) is 0 Å². The number of carbonyl (C=O) groups excluding carboxylic acids is 1. The number of amides is 1. The molecule has 0 aliphatic carbocycles. The first-order valence-electron chi connectivity index (χ1n) is 9.69. The average molecular weight is 375 g/mol. The molecule has 144 valence electrons. The van der Waals surface area contributed by atoms with E-state index in [1.54, 1.807) is 24.3 Å². The molecule has 0 unspecified atom stereocenters. The van der Waals surface area contributed by atoms with Crippen LogP contribution < -0.4 is 5.43 Å². The highest BCUT2D eigenvalue weighted by molar-refractivity contribution is 6.06. The first-order valence-corrected chi connectivity index (χ1v) is 9.69. The largest absolute Gasteiger partial charge is 0.507 e. The summed E-state index contributed by atoms with van der Waals surface area (Å²) in [5.41, 5.74) is 5.39. The van der Waals surface area contributed by atoms with Gasteiger partial charge in [-0.25, -0.2) is 5.43 Å². The van der Waals surface area contributed by atoms with Gasteiger partial charge < -0.3 is 5.11 Å². The second-order valence-corrected chi connectivity index (χ2v) is 6.75. The van der Waals surface area contributed by atoms with Gasteiger partial charge in [0.2, 0.25) is 0 Å². The molecule has 0 atom stereocenters. The molecular formula is C23H25N3O2. The van der Waals surface area contributed by atoms with E-state index >= 15 is 0 Å². The molecule has 2 aromatic carbocycles. The molecular weight excluding hydrogens is 350 g/mol. The van der Waals surface area contributed by atoms with Crippen LogP contribution >= 0.6 is 0 Å². The predicted molar refractivity (Wildman–Crippen MR) is 113 cm³/mol. The Morgan fingerprint density at radius 2 is 1.89 bits per heavy atom. The molecule has 28 heavy (non-hydrogen) atoms. The number of fused-ring (bicyclic) bond motifs is 1. The molecule has 1 aromatic heterocycles. The molecule has 0 bridgehead atoms. The molecule has 1 amide bonds.